The molecule has 1 unspecified atom stereocenters. The van der Waals surface area contributed by atoms with Gasteiger partial charge in [-0.3, -0.25) is 14.5 Å². The molecule has 6 heteroatoms. The van der Waals surface area contributed by atoms with Crippen LogP contribution in [-0.4, -0.2) is 60.8 Å². The summed E-state index contributed by atoms with van der Waals surface area (Å²) >= 11 is 0. The van der Waals surface area contributed by atoms with E-state index in [9.17, 15) is 9.59 Å². The van der Waals surface area contributed by atoms with E-state index in [4.69, 9.17) is 9.84 Å². The second-order valence-electron chi connectivity index (χ2n) is 4.45. The van der Waals surface area contributed by atoms with Crippen molar-refractivity contribution < 1.29 is 19.4 Å². The smallest absolute Gasteiger partial charge is 0.317 e. The number of rotatable bonds is 8. The first-order valence-corrected chi connectivity index (χ1v) is 5.77. The molecule has 98 valence electrons. The fourth-order valence-electron chi connectivity index (χ4n) is 1.72. The van der Waals surface area contributed by atoms with Crippen LogP contribution in [0.1, 0.15) is 19.8 Å². The maximum Gasteiger partial charge on any atom is 0.317 e. The third-order valence-electron chi connectivity index (χ3n) is 2.57. The van der Waals surface area contributed by atoms with E-state index in [1.807, 2.05) is 6.92 Å². The van der Waals surface area contributed by atoms with Gasteiger partial charge < -0.3 is 15.2 Å². The lowest BCUT2D eigenvalue weighted by atomic mass is 10.3. The Balaban J connectivity index is 2.33. The molecular formula is C11H20N2O4. The van der Waals surface area contributed by atoms with Crippen LogP contribution in [-0.2, 0) is 14.3 Å². The Labute approximate surface area is 101 Å². The Morgan fingerprint density at radius 3 is 2.59 bits per heavy atom. The maximum absolute atomic E-state index is 11.7. The predicted molar refractivity (Wildman–Crippen MR) is 61.7 cm³/mol. The number of nitrogens with zero attached hydrogens (tertiary/aromatic N) is 1. The van der Waals surface area contributed by atoms with Gasteiger partial charge in [0, 0.05) is 19.2 Å². The summed E-state index contributed by atoms with van der Waals surface area (Å²) < 4.78 is 4.91. The van der Waals surface area contributed by atoms with Crippen LogP contribution in [0, 0.1) is 0 Å². The van der Waals surface area contributed by atoms with E-state index in [2.05, 4.69) is 5.32 Å². The Morgan fingerprint density at radius 2 is 2.12 bits per heavy atom. The van der Waals surface area contributed by atoms with Crippen LogP contribution < -0.4 is 5.32 Å². The number of carbonyl (C=O) groups excluding carboxylic acids is 1. The standard InChI is InChI=1S/C11H20N2O4/c1-8(7-17-2)12-10(14)5-13(6-11(15)16)9-3-4-9/h8-9H,3-7H2,1-2H3,(H,12,14)(H,15,16). The van der Waals surface area contributed by atoms with E-state index in [0.29, 0.717) is 6.61 Å². The monoisotopic (exact) mass is 244 g/mol. The van der Waals surface area contributed by atoms with Crippen molar-refractivity contribution in [2.45, 2.75) is 31.8 Å². The van der Waals surface area contributed by atoms with Gasteiger partial charge in [0.2, 0.25) is 5.91 Å². The first kappa shape index (κ1) is 13.9. The molecule has 1 rings (SSSR count). The molecule has 17 heavy (non-hydrogen) atoms. The molecule has 0 aromatic carbocycles. The molecule has 1 fully saturated rings. The number of nitrogens with one attached hydrogen (secondary N) is 1. The lowest BCUT2D eigenvalue weighted by Crippen LogP contribution is -2.44. The largest absolute Gasteiger partial charge is 0.480 e. The zero-order chi connectivity index (χ0) is 12.8. The van der Waals surface area contributed by atoms with E-state index < -0.39 is 5.97 Å². The third-order valence-corrected chi connectivity index (χ3v) is 2.57. The van der Waals surface area contributed by atoms with Gasteiger partial charge in [-0.1, -0.05) is 0 Å². The fourth-order valence-corrected chi connectivity index (χ4v) is 1.72. The summed E-state index contributed by atoms with van der Waals surface area (Å²) in [5.74, 6) is -1.04. The van der Waals surface area contributed by atoms with Gasteiger partial charge in [0.05, 0.1) is 19.7 Å². The first-order valence-electron chi connectivity index (χ1n) is 5.77. The van der Waals surface area contributed by atoms with Gasteiger partial charge in [0.1, 0.15) is 0 Å². The highest BCUT2D eigenvalue weighted by Gasteiger charge is 2.31. The average Bonchev–Trinajstić information content (AvgIpc) is 2.98. The quantitative estimate of drug-likeness (QED) is 0.612. The fraction of sp³-hybridized carbons (Fsp3) is 0.818. The van der Waals surface area contributed by atoms with Gasteiger partial charge in [-0.15, -0.1) is 0 Å². The van der Waals surface area contributed by atoms with Crippen molar-refractivity contribution in [1.82, 2.24) is 10.2 Å². The van der Waals surface area contributed by atoms with Gasteiger partial charge >= 0.3 is 5.97 Å². The molecule has 0 aromatic rings. The number of amides is 1. The highest BCUT2D eigenvalue weighted by Crippen LogP contribution is 2.26. The molecule has 1 saturated carbocycles. The summed E-state index contributed by atoms with van der Waals surface area (Å²) in [6, 6.07) is 0.202. The van der Waals surface area contributed by atoms with Crippen molar-refractivity contribution >= 4 is 11.9 Å². The molecule has 1 atom stereocenters. The van der Waals surface area contributed by atoms with Crippen molar-refractivity contribution in [3.05, 3.63) is 0 Å². The van der Waals surface area contributed by atoms with E-state index >= 15 is 0 Å². The summed E-state index contributed by atoms with van der Waals surface area (Å²) in [7, 11) is 1.57. The molecule has 0 radical (unpaired) electrons. The number of carboxylic acid groups (broad SMARTS) is 1. The summed E-state index contributed by atoms with van der Waals surface area (Å²) in [6.45, 7) is 2.37. The normalized spacial score (nSPS) is 16.9. The van der Waals surface area contributed by atoms with Crippen molar-refractivity contribution in [3.63, 3.8) is 0 Å². The van der Waals surface area contributed by atoms with Crippen molar-refractivity contribution in [1.29, 1.82) is 0 Å². The zero-order valence-electron chi connectivity index (χ0n) is 10.3. The van der Waals surface area contributed by atoms with Crippen LogP contribution in [0.2, 0.25) is 0 Å². The van der Waals surface area contributed by atoms with Gasteiger partial charge in [-0.2, -0.15) is 0 Å². The topological polar surface area (TPSA) is 78.9 Å². The minimum absolute atomic E-state index is 0.0571. The van der Waals surface area contributed by atoms with Crippen LogP contribution in [0.4, 0.5) is 0 Å². The van der Waals surface area contributed by atoms with E-state index in [1.165, 1.54) is 0 Å². The Morgan fingerprint density at radius 1 is 1.47 bits per heavy atom. The molecule has 0 heterocycles. The molecule has 1 amide bonds. The molecule has 6 nitrogen and oxygen atoms in total. The SMILES string of the molecule is COCC(C)NC(=O)CN(CC(=O)O)C1CC1. The molecule has 0 saturated heterocycles. The second-order valence-corrected chi connectivity index (χ2v) is 4.45. The van der Waals surface area contributed by atoms with Crippen molar-refractivity contribution in [2.24, 2.45) is 0 Å². The van der Waals surface area contributed by atoms with Gasteiger partial charge in [-0.25, -0.2) is 0 Å². The molecule has 1 aliphatic carbocycles. The minimum Gasteiger partial charge on any atom is -0.480 e. The van der Waals surface area contributed by atoms with Crippen LogP contribution in [0.3, 0.4) is 0 Å². The Bertz CT molecular complexity index is 279. The van der Waals surface area contributed by atoms with Gasteiger partial charge in [0.25, 0.3) is 0 Å². The number of ether oxygens (including phenoxy) is 1. The molecule has 0 aliphatic heterocycles. The van der Waals surface area contributed by atoms with Gasteiger partial charge in [0.15, 0.2) is 0 Å². The summed E-state index contributed by atoms with van der Waals surface area (Å²) in [5, 5.41) is 11.5. The number of hydrogen-bond donors (Lipinski definition) is 2. The molecule has 0 bridgehead atoms. The summed E-state index contributed by atoms with van der Waals surface area (Å²) in [5.41, 5.74) is 0. The second kappa shape index (κ2) is 6.56. The van der Waals surface area contributed by atoms with E-state index in [1.54, 1.807) is 12.0 Å². The lowest BCUT2D eigenvalue weighted by molar-refractivity contribution is -0.139. The van der Waals surface area contributed by atoms with Gasteiger partial charge in [-0.05, 0) is 19.8 Å². The van der Waals surface area contributed by atoms with Crippen LogP contribution in [0.25, 0.3) is 0 Å². The highest BCUT2D eigenvalue weighted by molar-refractivity contribution is 5.79. The van der Waals surface area contributed by atoms with E-state index in [-0.39, 0.29) is 31.1 Å². The minimum atomic E-state index is -0.894. The highest BCUT2D eigenvalue weighted by atomic mass is 16.5. The molecular weight excluding hydrogens is 224 g/mol. The Kier molecular flexibility index (Phi) is 5.37. The number of methoxy groups -OCH3 is 1. The first-order chi connectivity index (χ1) is 8.02. The van der Waals surface area contributed by atoms with Crippen molar-refractivity contribution in [3.8, 4) is 0 Å². The van der Waals surface area contributed by atoms with Crippen LogP contribution in [0.5, 0.6) is 0 Å². The zero-order valence-corrected chi connectivity index (χ0v) is 10.3. The molecule has 0 aromatic heterocycles. The van der Waals surface area contributed by atoms with E-state index in [0.717, 1.165) is 12.8 Å². The molecule has 2 N–H and O–H groups in total. The predicted octanol–water partition coefficient (Wildman–Crippen LogP) is -0.313. The number of aliphatic carboxylic acids is 1. The van der Waals surface area contributed by atoms with Crippen LogP contribution >= 0.6 is 0 Å². The third kappa shape index (κ3) is 5.65. The maximum atomic E-state index is 11.7. The molecule has 1 aliphatic rings. The van der Waals surface area contributed by atoms with Crippen molar-refractivity contribution in [2.75, 3.05) is 26.8 Å². The average molecular weight is 244 g/mol. The Hall–Kier alpha value is -1.14. The summed E-state index contributed by atoms with van der Waals surface area (Å²) in [6.07, 6.45) is 1.96. The summed E-state index contributed by atoms with van der Waals surface area (Å²) in [4.78, 5) is 24.0. The lowest BCUT2D eigenvalue weighted by Gasteiger charge is -2.20. The van der Waals surface area contributed by atoms with Crippen LogP contribution in [0.15, 0.2) is 0 Å². The molecule has 0 spiro atoms. The number of carboxylic acids is 1. The number of carbonyl (C=O) groups is 2. The number of hydrogen-bond acceptors (Lipinski definition) is 4.